The minimum Gasteiger partial charge on any atom is -0.386 e. The van der Waals surface area contributed by atoms with Crippen LogP contribution in [0.25, 0.3) is 0 Å². The Bertz CT molecular complexity index is 647. The molecule has 0 aromatic heterocycles. The number of ether oxygens (including phenoxy) is 1. The summed E-state index contributed by atoms with van der Waals surface area (Å²) in [6.45, 7) is 6.01. The largest absolute Gasteiger partial charge is 0.386 e. The van der Waals surface area contributed by atoms with Gasteiger partial charge in [0.2, 0.25) is 10.0 Å². The van der Waals surface area contributed by atoms with Gasteiger partial charge in [-0.1, -0.05) is 31.5 Å². The van der Waals surface area contributed by atoms with E-state index in [4.69, 9.17) is 16.3 Å². The van der Waals surface area contributed by atoms with Gasteiger partial charge in [-0.05, 0) is 30.5 Å². The zero-order valence-corrected chi connectivity index (χ0v) is 14.5. The number of rotatable bonds is 5. The molecule has 1 aliphatic heterocycles. The van der Waals surface area contributed by atoms with E-state index in [1.165, 1.54) is 0 Å². The second kappa shape index (κ2) is 6.45. The van der Waals surface area contributed by atoms with Crippen molar-refractivity contribution in [2.75, 3.05) is 13.2 Å². The molecule has 2 atom stereocenters. The monoisotopic (exact) mass is 347 g/mol. The highest BCUT2D eigenvalue weighted by Crippen LogP contribution is 2.28. The van der Waals surface area contributed by atoms with Gasteiger partial charge in [-0.3, -0.25) is 0 Å². The summed E-state index contributed by atoms with van der Waals surface area (Å²) in [4.78, 5) is 0.0375. The minimum absolute atomic E-state index is 0.0375. The van der Waals surface area contributed by atoms with Crippen molar-refractivity contribution in [3.63, 3.8) is 0 Å². The second-order valence-electron chi connectivity index (χ2n) is 6.04. The van der Waals surface area contributed by atoms with Gasteiger partial charge in [0.1, 0.15) is 10.5 Å². The lowest BCUT2D eigenvalue weighted by molar-refractivity contribution is -0.0228. The molecule has 7 heteroatoms. The first-order valence-corrected chi connectivity index (χ1v) is 9.15. The molecule has 0 aliphatic carbocycles. The molecule has 0 saturated carbocycles. The first-order valence-electron chi connectivity index (χ1n) is 7.29. The molecule has 1 saturated heterocycles. The molecule has 22 heavy (non-hydrogen) atoms. The van der Waals surface area contributed by atoms with E-state index in [1.807, 2.05) is 19.9 Å². The molecule has 1 aliphatic rings. The molecular formula is C15H22ClNO4S. The molecule has 2 N–H and O–H groups in total. The summed E-state index contributed by atoms with van der Waals surface area (Å²) in [5.74, 6) is 0.193. The lowest BCUT2D eigenvalue weighted by atomic mass is 9.97. The Hall–Kier alpha value is -0.660. The molecule has 0 amide bonds. The summed E-state index contributed by atoms with van der Waals surface area (Å²) in [5, 5.41) is 10.6. The number of halogens is 1. The molecule has 1 fully saturated rings. The molecule has 2 rings (SSSR count). The Morgan fingerprint density at radius 2 is 2.18 bits per heavy atom. The van der Waals surface area contributed by atoms with Crippen LogP contribution in [0.4, 0.5) is 0 Å². The highest BCUT2D eigenvalue weighted by Gasteiger charge is 2.40. The summed E-state index contributed by atoms with van der Waals surface area (Å²) in [6.07, 6.45) is -0.0103. The number of sulfonamides is 1. The normalized spacial score (nSPS) is 25.8. The van der Waals surface area contributed by atoms with Gasteiger partial charge in [-0.25, -0.2) is 13.1 Å². The average molecular weight is 348 g/mol. The fraction of sp³-hybridized carbons (Fsp3) is 0.600. The molecule has 1 aromatic rings. The highest BCUT2D eigenvalue weighted by molar-refractivity contribution is 7.89. The number of aliphatic hydroxyl groups is 1. The summed E-state index contributed by atoms with van der Waals surface area (Å²) < 4.78 is 32.7. The Labute approximate surface area is 136 Å². The van der Waals surface area contributed by atoms with E-state index in [0.29, 0.717) is 13.0 Å². The van der Waals surface area contributed by atoms with Crippen LogP contribution in [0.15, 0.2) is 23.1 Å². The second-order valence-corrected chi connectivity index (χ2v) is 8.18. The van der Waals surface area contributed by atoms with Crippen LogP contribution in [0.5, 0.6) is 0 Å². The molecule has 5 nitrogen and oxygen atoms in total. The molecule has 0 unspecified atom stereocenters. The zero-order valence-electron chi connectivity index (χ0n) is 13.0. The topological polar surface area (TPSA) is 75.6 Å². The predicted molar refractivity (Wildman–Crippen MR) is 85.7 cm³/mol. The predicted octanol–water partition coefficient (Wildman–Crippen LogP) is 2.28. The van der Waals surface area contributed by atoms with Gasteiger partial charge in [0.15, 0.2) is 0 Å². The van der Waals surface area contributed by atoms with Gasteiger partial charge in [-0.15, -0.1) is 0 Å². The van der Waals surface area contributed by atoms with Crippen LogP contribution in [0.2, 0.25) is 5.02 Å². The standard InChI is InChI=1S/C15H22ClNO4S/c1-10(2)12-4-5-13(16)14(8-12)22(19,20)17-9-15(18)6-7-21-11(15)3/h4-5,8,10-11,17-18H,6-7,9H2,1-3H3/t11-,15-/m1/s1. The average Bonchev–Trinajstić information content (AvgIpc) is 2.77. The van der Waals surface area contributed by atoms with Gasteiger partial charge in [0.05, 0.1) is 11.1 Å². The van der Waals surface area contributed by atoms with E-state index in [9.17, 15) is 13.5 Å². The van der Waals surface area contributed by atoms with Crippen molar-refractivity contribution < 1.29 is 18.3 Å². The Balaban J connectivity index is 2.22. The smallest absolute Gasteiger partial charge is 0.242 e. The molecular weight excluding hydrogens is 326 g/mol. The van der Waals surface area contributed by atoms with E-state index in [2.05, 4.69) is 4.72 Å². The van der Waals surface area contributed by atoms with E-state index in [-0.39, 0.29) is 22.4 Å². The summed E-state index contributed by atoms with van der Waals surface area (Å²) in [6, 6.07) is 4.97. The van der Waals surface area contributed by atoms with E-state index < -0.39 is 21.7 Å². The van der Waals surface area contributed by atoms with Crippen molar-refractivity contribution in [3.05, 3.63) is 28.8 Å². The number of benzene rings is 1. The Morgan fingerprint density at radius 3 is 2.73 bits per heavy atom. The van der Waals surface area contributed by atoms with Crippen molar-refractivity contribution in [1.82, 2.24) is 4.72 Å². The maximum atomic E-state index is 12.5. The zero-order chi connectivity index (χ0) is 16.5. The van der Waals surface area contributed by atoms with Gasteiger partial charge >= 0.3 is 0 Å². The van der Waals surface area contributed by atoms with Crippen LogP contribution in [0, 0.1) is 0 Å². The van der Waals surface area contributed by atoms with Gasteiger partial charge < -0.3 is 9.84 Å². The fourth-order valence-electron chi connectivity index (χ4n) is 2.39. The SMILES string of the molecule is CC(C)c1ccc(Cl)c(S(=O)(=O)NC[C@]2(O)CCO[C@@H]2C)c1. The van der Waals surface area contributed by atoms with Crippen molar-refractivity contribution >= 4 is 21.6 Å². The van der Waals surface area contributed by atoms with Gasteiger partial charge in [0.25, 0.3) is 0 Å². The molecule has 0 radical (unpaired) electrons. The third-order valence-electron chi connectivity index (χ3n) is 4.14. The number of nitrogens with one attached hydrogen (secondary N) is 1. The van der Waals surface area contributed by atoms with Gasteiger partial charge in [0, 0.05) is 19.6 Å². The third kappa shape index (κ3) is 3.63. The Morgan fingerprint density at radius 1 is 1.50 bits per heavy atom. The van der Waals surface area contributed by atoms with Crippen molar-refractivity contribution in [2.24, 2.45) is 0 Å². The summed E-state index contributed by atoms with van der Waals surface area (Å²) in [7, 11) is -3.79. The fourth-order valence-corrected chi connectivity index (χ4v) is 4.02. The van der Waals surface area contributed by atoms with Crippen LogP contribution in [0.1, 0.15) is 38.7 Å². The van der Waals surface area contributed by atoms with E-state index in [0.717, 1.165) is 5.56 Å². The first kappa shape index (κ1) is 17.7. The maximum Gasteiger partial charge on any atom is 0.242 e. The maximum absolute atomic E-state index is 12.5. The summed E-state index contributed by atoms with van der Waals surface area (Å²) in [5.41, 5.74) is -0.295. The summed E-state index contributed by atoms with van der Waals surface area (Å²) >= 11 is 6.04. The lowest BCUT2D eigenvalue weighted by Crippen LogP contribution is -2.47. The molecule has 1 heterocycles. The lowest BCUT2D eigenvalue weighted by Gasteiger charge is -2.26. The third-order valence-corrected chi connectivity index (χ3v) is 6.02. The van der Waals surface area contributed by atoms with Crippen LogP contribution < -0.4 is 4.72 Å². The first-order chi connectivity index (χ1) is 10.2. The number of hydrogen-bond donors (Lipinski definition) is 2. The molecule has 0 spiro atoms. The van der Waals surface area contributed by atoms with Crippen LogP contribution >= 0.6 is 11.6 Å². The highest BCUT2D eigenvalue weighted by atomic mass is 35.5. The van der Waals surface area contributed by atoms with Crippen molar-refractivity contribution in [2.45, 2.75) is 49.7 Å². The van der Waals surface area contributed by atoms with Crippen LogP contribution in [0.3, 0.4) is 0 Å². The molecule has 1 aromatic carbocycles. The van der Waals surface area contributed by atoms with Crippen molar-refractivity contribution in [1.29, 1.82) is 0 Å². The molecule has 0 bridgehead atoms. The molecule has 124 valence electrons. The minimum atomic E-state index is -3.79. The quantitative estimate of drug-likeness (QED) is 0.856. The van der Waals surface area contributed by atoms with Crippen molar-refractivity contribution in [3.8, 4) is 0 Å². The van der Waals surface area contributed by atoms with Crippen LogP contribution in [-0.2, 0) is 14.8 Å². The van der Waals surface area contributed by atoms with Crippen LogP contribution in [-0.4, -0.2) is 38.4 Å². The van der Waals surface area contributed by atoms with E-state index >= 15 is 0 Å². The Kier molecular flexibility index (Phi) is 5.19. The van der Waals surface area contributed by atoms with E-state index in [1.54, 1.807) is 19.1 Å². The van der Waals surface area contributed by atoms with Gasteiger partial charge in [-0.2, -0.15) is 0 Å². The number of hydrogen-bond acceptors (Lipinski definition) is 4.